The van der Waals surface area contributed by atoms with E-state index in [2.05, 4.69) is 5.32 Å². The van der Waals surface area contributed by atoms with Crippen molar-refractivity contribution in [2.75, 3.05) is 25.6 Å². The van der Waals surface area contributed by atoms with Crippen molar-refractivity contribution in [3.8, 4) is 11.5 Å². The molecular weight excluding hydrogens is 488 g/mol. The Morgan fingerprint density at radius 3 is 2.57 bits per heavy atom. The number of hydrogen-bond donors (Lipinski definition) is 1. The number of amides is 2. The second-order valence-corrected chi connectivity index (χ2v) is 9.50. The molecule has 0 radical (unpaired) electrons. The molecule has 1 aliphatic heterocycles. The number of nitrogens with zero attached hydrogens (tertiary/aromatic N) is 1. The summed E-state index contributed by atoms with van der Waals surface area (Å²) >= 11 is 6.66. The molecule has 1 N–H and O–H groups in total. The second kappa shape index (κ2) is 10.9. The lowest BCUT2D eigenvalue weighted by atomic mass is 10.2. The Labute approximate surface area is 212 Å². The first-order valence-electron chi connectivity index (χ1n) is 11.0. The van der Waals surface area contributed by atoms with Crippen molar-refractivity contribution < 1.29 is 28.6 Å². The maximum absolute atomic E-state index is 12.7. The molecule has 2 fully saturated rings. The van der Waals surface area contributed by atoms with Crippen LogP contribution in [0.15, 0.2) is 47.4 Å². The first kappa shape index (κ1) is 24.7. The fourth-order valence-electron chi connectivity index (χ4n) is 3.42. The van der Waals surface area contributed by atoms with Crippen molar-refractivity contribution >= 4 is 57.8 Å². The average molecular weight is 513 g/mol. The molecule has 0 aromatic heterocycles. The van der Waals surface area contributed by atoms with Crippen molar-refractivity contribution in [2.24, 2.45) is 0 Å². The third-order valence-electron chi connectivity index (χ3n) is 5.26. The summed E-state index contributed by atoms with van der Waals surface area (Å²) in [6.45, 7) is 1.79. The van der Waals surface area contributed by atoms with Gasteiger partial charge in [-0.25, -0.2) is 4.79 Å². The third-order valence-corrected chi connectivity index (χ3v) is 6.59. The highest BCUT2D eigenvalue weighted by molar-refractivity contribution is 8.26. The number of thiocarbonyl (C=S) groups is 1. The van der Waals surface area contributed by atoms with Gasteiger partial charge in [-0.15, -0.1) is 0 Å². The number of rotatable bonds is 9. The number of benzene rings is 2. The van der Waals surface area contributed by atoms with Crippen molar-refractivity contribution in [1.82, 2.24) is 4.90 Å². The Morgan fingerprint density at radius 1 is 1.17 bits per heavy atom. The highest BCUT2D eigenvalue weighted by Crippen LogP contribution is 2.40. The van der Waals surface area contributed by atoms with Crippen molar-refractivity contribution in [2.45, 2.75) is 25.8 Å². The minimum absolute atomic E-state index is 0.0613. The van der Waals surface area contributed by atoms with Crippen LogP contribution in [0.5, 0.6) is 11.5 Å². The Morgan fingerprint density at radius 2 is 1.91 bits per heavy atom. The molecule has 0 spiro atoms. The molecule has 8 nitrogen and oxygen atoms in total. The summed E-state index contributed by atoms with van der Waals surface area (Å²) < 4.78 is 16.6. The molecule has 2 amide bonds. The van der Waals surface area contributed by atoms with Gasteiger partial charge in [0.1, 0.15) is 4.32 Å². The van der Waals surface area contributed by atoms with E-state index in [1.54, 1.807) is 60.4 Å². The number of ether oxygens (including phenoxy) is 3. The quantitative estimate of drug-likeness (QED) is 0.303. The van der Waals surface area contributed by atoms with Crippen LogP contribution >= 0.6 is 24.0 Å². The van der Waals surface area contributed by atoms with Crippen LogP contribution in [0.4, 0.5) is 5.69 Å². The molecule has 1 heterocycles. The molecule has 4 rings (SSSR count). The number of methoxy groups -OCH3 is 1. The fraction of sp³-hybridized carbons (Fsp3) is 0.280. The highest BCUT2D eigenvalue weighted by Gasteiger charge is 2.41. The molecule has 2 aliphatic rings. The standard InChI is InChI=1S/C25H24N2O6S2/c1-3-32-24(30)16-5-7-17(8-6-16)26-22(28)14-33-19-11-4-15(12-20(19)31-2)13-21-23(29)27(18-9-10-18)25(34)35-21/h4-8,11-13,18H,3,9-10,14H2,1-2H3,(H,26,28). The Balaban J connectivity index is 1.36. The third kappa shape index (κ3) is 6.01. The van der Waals surface area contributed by atoms with E-state index < -0.39 is 5.97 Å². The lowest BCUT2D eigenvalue weighted by Gasteiger charge is -2.12. The van der Waals surface area contributed by atoms with E-state index in [0.717, 1.165) is 18.4 Å². The van der Waals surface area contributed by atoms with Gasteiger partial charge in [0.05, 0.1) is 24.2 Å². The number of anilines is 1. The molecular formula is C25H24N2O6S2. The minimum Gasteiger partial charge on any atom is -0.493 e. The smallest absolute Gasteiger partial charge is 0.338 e. The van der Waals surface area contributed by atoms with Crippen LogP contribution in [0.2, 0.25) is 0 Å². The summed E-state index contributed by atoms with van der Waals surface area (Å²) in [4.78, 5) is 39.0. The second-order valence-electron chi connectivity index (χ2n) is 7.83. The molecule has 0 atom stereocenters. The monoisotopic (exact) mass is 512 g/mol. The number of carbonyl (C=O) groups excluding carboxylic acids is 3. The number of nitrogens with one attached hydrogen (secondary N) is 1. The van der Waals surface area contributed by atoms with Gasteiger partial charge in [-0.05, 0) is 67.8 Å². The van der Waals surface area contributed by atoms with Crippen molar-refractivity contribution in [3.63, 3.8) is 0 Å². The molecule has 182 valence electrons. The molecule has 2 aromatic carbocycles. The maximum Gasteiger partial charge on any atom is 0.338 e. The van der Waals surface area contributed by atoms with Gasteiger partial charge in [0.2, 0.25) is 0 Å². The number of esters is 1. The minimum atomic E-state index is -0.418. The molecule has 0 bridgehead atoms. The van der Waals surface area contributed by atoms with Crippen LogP contribution < -0.4 is 14.8 Å². The van der Waals surface area contributed by atoms with E-state index in [-0.39, 0.29) is 24.5 Å². The highest BCUT2D eigenvalue weighted by atomic mass is 32.2. The zero-order valence-electron chi connectivity index (χ0n) is 19.2. The lowest BCUT2D eigenvalue weighted by molar-refractivity contribution is -0.122. The van der Waals surface area contributed by atoms with Crippen LogP contribution in [0, 0.1) is 0 Å². The zero-order valence-corrected chi connectivity index (χ0v) is 20.9. The van der Waals surface area contributed by atoms with E-state index in [1.165, 1.54) is 18.9 Å². The molecule has 1 saturated carbocycles. The molecule has 35 heavy (non-hydrogen) atoms. The summed E-state index contributed by atoms with van der Waals surface area (Å²) in [7, 11) is 1.50. The summed E-state index contributed by atoms with van der Waals surface area (Å²) in [5.41, 5.74) is 1.69. The summed E-state index contributed by atoms with van der Waals surface area (Å²) in [5.74, 6) is -0.0257. The van der Waals surface area contributed by atoms with Gasteiger partial charge in [0.25, 0.3) is 11.8 Å². The predicted molar refractivity (Wildman–Crippen MR) is 138 cm³/mol. The first-order chi connectivity index (χ1) is 16.9. The molecule has 10 heteroatoms. The van der Waals surface area contributed by atoms with Crippen molar-refractivity contribution in [3.05, 3.63) is 58.5 Å². The maximum atomic E-state index is 12.7. The molecule has 2 aromatic rings. The van der Waals surface area contributed by atoms with E-state index in [4.69, 9.17) is 26.4 Å². The van der Waals surface area contributed by atoms with E-state index in [1.807, 2.05) is 0 Å². The SMILES string of the molecule is CCOC(=O)c1ccc(NC(=O)COc2ccc(C=C3SC(=S)N(C4CC4)C3=O)cc2OC)cc1. The van der Waals surface area contributed by atoms with Gasteiger partial charge >= 0.3 is 5.97 Å². The normalized spacial score (nSPS) is 16.4. The summed E-state index contributed by atoms with van der Waals surface area (Å²) in [5, 5.41) is 2.71. The summed E-state index contributed by atoms with van der Waals surface area (Å²) in [6, 6.07) is 11.8. The van der Waals surface area contributed by atoms with Crippen LogP contribution in [-0.4, -0.2) is 53.4 Å². The number of thioether (sulfide) groups is 1. The predicted octanol–water partition coefficient (Wildman–Crippen LogP) is 4.25. The van der Waals surface area contributed by atoms with E-state index >= 15 is 0 Å². The van der Waals surface area contributed by atoms with Crippen LogP contribution in [0.25, 0.3) is 6.08 Å². The van der Waals surface area contributed by atoms with E-state index in [0.29, 0.717) is 38.6 Å². The molecule has 1 saturated heterocycles. The Kier molecular flexibility index (Phi) is 7.72. The zero-order chi connectivity index (χ0) is 24.9. The van der Waals surface area contributed by atoms with Crippen LogP contribution in [-0.2, 0) is 14.3 Å². The topological polar surface area (TPSA) is 94.2 Å². The van der Waals surface area contributed by atoms with Crippen molar-refractivity contribution in [1.29, 1.82) is 0 Å². The fourth-order valence-corrected chi connectivity index (χ4v) is 4.82. The van der Waals surface area contributed by atoms with Gasteiger partial charge in [-0.1, -0.05) is 30.0 Å². The van der Waals surface area contributed by atoms with Gasteiger partial charge in [0.15, 0.2) is 18.1 Å². The van der Waals surface area contributed by atoms with Gasteiger partial charge in [-0.3, -0.25) is 14.5 Å². The molecule has 0 unspecified atom stereocenters. The van der Waals surface area contributed by atoms with Crippen LogP contribution in [0.3, 0.4) is 0 Å². The summed E-state index contributed by atoms with van der Waals surface area (Å²) in [6.07, 6.45) is 3.76. The number of hydrogen-bond acceptors (Lipinski definition) is 8. The average Bonchev–Trinajstić information content (AvgIpc) is 3.64. The van der Waals surface area contributed by atoms with Gasteiger partial charge in [0, 0.05) is 11.7 Å². The van der Waals surface area contributed by atoms with Gasteiger partial charge < -0.3 is 19.5 Å². The Bertz CT molecular complexity index is 1190. The Hall–Kier alpha value is -3.37. The molecule has 1 aliphatic carbocycles. The lowest BCUT2D eigenvalue weighted by Crippen LogP contribution is -2.30. The largest absolute Gasteiger partial charge is 0.493 e. The van der Waals surface area contributed by atoms with Gasteiger partial charge in [-0.2, -0.15) is 0 Å². The van der Waals surface area contributed by atoms with Crippen LogP contribution in [0.1, 0.15) is 35.7 Å². The van der Waals surface area contributed by atoms with E-state index in [9.17, 15) is 14.4 Å². The number of carbonyl (C=O) groups is 3. The first-order valence-corrected chi connectivity index (χ1v) is 12.3.